The monoisotopic (exact) mass is 744 g/mol. The number of aliphatic hydroxyl groups excluding tert-OH is 1. The smallest absolute Gasteiger partial charge is 0.387 e. The summed E-state index contributed by atoms with van der Waals surface area (Å²) >= 11 is 0. The molecule has 0 aliphatic heterocycles. The lowest BCUT2D eigenvalue weighted by atomic mass is 10.0. The van der Waals surface area contributed by atoms with Crippen molar-refractivity contribution in [1.82, 2.24) is 5.32 Å². The minimum absolute atomic E-state index is 0.0607. The fourth-order valence-corrected chi connectivity index (χ4v) is 6.72. The molecular formula is C42H84N2O6P+. The predicted molar refractivity (Wildman–Crippen MR) is 217 cm³/mol. The van der Waals surface area contributed by atoms with Gasteiger partial charge in [-0.3, -0.25) is 13.8 Å². The Labute approximate surface area is 315 Å². The molecule has 0 aromatic heterocycles. The first kappa shape index (κ1) is 50.0. The standard InChI is InChI=1S/C42H83N2O6P/c1-6-8-10-12-14-16-18-19-20-21-22-23-24-25-26-27-29-31-33-35-41(45)40(39-50-51(47,48)49-38-37-44(3,4)5)43-42(46)36-34-32-30-28-17-15-13-11-9-7-2/h11,13,33,35,40-41,45H,6-10,12,14-32,34,36-39H2,1-5H3,(H-,43,46,47,48)/p+1/b13-11-,35-33+. The largest absolute Gasteiger partial charge is 0.472 e. The fourth-order valence-electron chi connectivity index (χ4n) is 5.98. The molecule has 3 unspecified atom stereocenters. The van der Waals surface area contributed by atoms with Crippen LogP contribution >= 0.6 is 7.82 Å². The minimum Gasteiger partial charge on any atom is -0.387 e. The van der Waals surface area contributed by atoms with E-state index in [0.29, 0.717) is 17.4 Å². The zero-order chi connectivity index (χ0) is 37.9. The van der Waals surface area contributed by atoms with Crippen molar-refractivity contribution >= 4 is 13.7 Å². The number of unbranched alkanes of at least 4 members (excludes halogenated alkanes) is 23. The van der Waals surface area contributed by atoms with Crippen molar-refractivity contribution in [2.24, 2.45) is 0 Å². The highest BCUT2D eigenvalue weighted by Crippen LogP contribution is 2.43. The zero-order valence-corrected chi connectivity index (χ0v) is 35.0. The topological polar surface area (TPSA) is 105 Å². The Balaban J connectivity index is 4.39. The third-order valence-electron chi connectivity index (χ3n) is 9.40. The summed E-state index contributed by atoms with van der Waals surface area (Å²) in [5.41, 5.74) is 0. The molecule has 0 fully saturated rings. The molecular weight excluding hydrogens is 659 g/mol. The van der Waals surface area contributed by atoms with E-state index in [1.807, 2.05) is 27.2 Å². The van der Waals surface area contributed by atoms with Gasteiger partial charge in [0.15, 0.2) is 0 Å². The van der Waals surface area contributed by atoms with Gasteiger partial charge in [0.05, 0.1) is 39.9 Å². The van der Waals surface area contributed by atoms with Crippen LogP contribution in [0.2, 0.25) is 0 Å². The number of hydrogen-bond donors (Lipinski definition) is 3. The number of carbonyl (C=O) groups excluding carboxylic acids is 1. The van der Waals surface area contributed by atoms with Crippen molar-refractivity contribution in [2.75, 3.05) is 40.9 Å². The van der Waals surface area contributed by atoms with E-state index in [2.05, 4.69) is 31.3 Å². The van der Waals surface area contributed by atoms with Crippen LogP contribution in [0.5, 0.6) is 0 Å². The maximum Gasteiger partial charge on any atom is 0.472 e. The maximum atomic E-state index is 12.8. The van der Waals surface area contributed by atoms with Gasteiger partial charge in [0, 0.05) is 6.42 Å². The van der Waals surface area contributed by atoms with Crippen molar-refractivity contribution in [3.8, 4) is 0 Å². The molecule has 8 nitrogen and oxygen atoms in total. The molecule has 302 valence electrons. The van der Waals surface area contributed by atoms with Gasteiger partial charge in [-0.25, -0.2) is 4.57 Å². The fraction of sp³-hybridized carbons (Fsp3) is 0.881. The van der Waals surface area contributed by atoms with E-state index in [1.165, 1.54) is 109 Å². The average Bonchev–Trinajstić information content (AvgIpc) is 3.07. The summed E-state index contributed by atoms with van der Waals surface area (Å²) in [7, 11) is 1.57. The van der Waals surface area contributed by atoms with Crippen molar-refractivity contribution in [1.29, 1.82) is 0 Å². The van der Waals surface area contributed by atoms with E-state index in [4.69, 9.17) is 9.05 Å². The Morgan fingerprint density at radius 3 is 1.59 bits per heavy atom. The van der Waals surface area contributed by atoms with Crippen LogP contribution in [0.1, 0.15) is 187 Å². The van der Waals surface area contributed by atoms with Crippen LogP contribution in [0, 0.1) is 0 Å². The molecule has 0 rings (SSSR count). The number of nitrogens with one attached hydrogen (secondary N) is 1. The van der Waals surface area contributed by atoms with Crippen LogP contribution in [0.25, 0.3) is 0 Å². The number of phosphoric acid groups is 1. The Hall–Kier alpha value is -1.02. The summed E-state index contributed by atoms with van der Waals surface area (Å²) in [6.45, 7) is 4.74. The van der Waals surface area contributed by atoms with Gasteiger partial charge in [0.2, 0.25) is 5.91 Å². The molecule has 1 amide bonds. The molecule has 3 atom stereocenters. The molecule has 0 aliphatic rings. The maximum absolute atomic E-state index is 12.8. The van der Waals surface area contributed by atoms with E-state index < -0.39 is 20.0 Å². The lowest BCUT2D eigenvalue weighted by Gasteiger charge is -2.25. The highest BCUT2D eigenvalue weighted by molar-refractivity contribution is 7.47. The van der Waals surface area contributed by atoms with Gasteiger partial charge in [-0.05, 0) is 38.5 Å². The van der Waals surface area contributed by atoms with Gasteiger partial charge in [0.1, 0.15) is 13.2 Å². The minimum atomic E-state index is -4.33. The normalized spacial score (nSPS) is 14.7. The van der Waals surface area contributed by atoms with E-state index in [0.717, 1.165) is 57.8 Å². The first-order chi connectivity index (χ1) is 24.5. The molecule has 51 heavy (non-hydrogen) atoms. The number of likely N-dealkylation sites (N-methyl/N-ethyl adjacent to an activating group) is 1. The average molecular weight is 744 g/mol. The molecule has 0 saturated carbocycles. The van der Waals surface area contributed by atoms with Crippen LogP contribution in [0.15, 0.2) is 24.3 Å². The first-order valence-corrected chi connectivity index (χ1v) is 22.7. The predicted octanol–water partition coefficient (Wildman–Crippen LogP) is 11.4. The number of aliphatic hydroxyl groups is 1. The SMILES string of the molecule is CCC/C=C\CCCCCCCC(=O)NC(COP(=O)(O)OCC[N+](C)(C)C)C(O)/C=C/CCCCCCCCCCCCCCCCCCC. The Bertz CT molecular complexity index is 891. The van der Waals surface area contributed by atoms with Crippen LogP contribution < -0.4 is 5.32 Å². The first-order valence-electron chi connectivity index (χ1n) is 21.2. The van der Waals surface area contributed by atoms with Gasteiger partial charge < -0.3 is 19.8 Å². The number of phosphoric ester groups is 1. The summed E-state index contributed by atoms with van der Waals surface area (Å²) in [5.74, 6) is -0.189. The highest BCUT2D eigenvalue weighted by atomic mass is 31.2. The number of rotatable bonds is 38. The molecule has 0 bridgehead atoms. The molecule has 0 heterocycles. The molecule has 0 aromatic carbocycles. The molecule has 0 aromatic rings. The van der Waals surface area contributed by atoms with E-state index in [-0.39, 0.29) is 19.1 Å². The van der Waals surface area contributed by atoms with Crippen molar-refractivity contribution in [3.05, 3.63) is 24.3 Å². The van der Waals surface area contributed by atoms with Crippen LogP contribution in [0.3, 0.4) is 0 Å². The lowest BCUT2D eigenvalue weighted by molar-refractivity contribution is -0.870. The van der Waals surface area contributed by atoms with Crippen LogP contribution in [-0.4, -0.2) is 73.4 Å². The Morgan fingerprint density at radius 1 is 0.647 bits per heavy atom. The summed E-state index contributed by atoms with van der Waals surface area (Å²) in [6, 6.07) is -0.846. The number of allylic oxidation sites excluding steroid dienone is 3. The Kier molecular flexibility index (Phi) is 34.0. The van der Waals surface area contributed by atoms with E-state index in [9.17, 15) is 19.4 Å². The molecule has 0 saturated heterocycles. The van der Waals surface area contributed by atoms with E-state index in [1.54, 1.807) is 6.08 Å². The molecule has 0 aliphatic carbocycles. The van der Waals surface area contributed by atoms with Crippen LogP contribution in [0.4, 0.5) is 0 Å². The summed E-state index contributed by atoms with van der Waals surface area (Å²) in [4.78, 5) is 23.0. The second-order valence-electron chi connectivity index (χ2n) is 15.7. The van der Waals surface area contributed by atoms with Gasteiger partial charge in [0.25, 0.3) is 0 Å². The zero-order valence-electron chi connectivity index (χ0n) is 34.1. The van der Waals surface area contributed by atoms with E-state index >= 15 is 0 Å². The third-order valence-corrected chi connectivity index (χ3v) is 10.4. The number of nitrogens with zero attached hydrogens (tertiary/aromatic N) is 1. The summed E-state index contributed by atoms with van der Waals surface area (Å²) < 4.78 is 23.5. The lowest BCUT2D eigenvalue weighted by Crippen LogP contribution is -2.45. The molecule has 0 radical (unpaired) electrons. The number of carbonyl (C=O) groups is 1. The highest BCUT2D eigenvalue weighted by Gasteiger charge is 2.27. The number of hydrogen-bond acceptors (Lipinski definition) is 5. The second-order valence-corrected chi connectivity index (χ2v) is 17.2. The van der Waals surface area contributed by atoms with Gasteiger partial charge >= 0.3 is 7.82 Å². The molecule has 0 spiro atoms. The number of amides is 1. The van der Waals surface area contributed by atoms with Crippen molar-refractivity contribution in [2.45, 2.75) is 199 Å². The van der Waals surface area contributed by atoms with Crippen molar-refractivity contribution < 1.29 is 32.9 Å². The summed E-state index contributed by atoms with van der Waals surface area (Å²) in [6.07, 6.45) is 39.6. The molecule has 3 N–H and O–H groups in total. The Morgan fingerprint density at radius 2 is 1.10 bits per heavy atom. The van der Waals surface area contributed by atoms with Crippen LogP contribution in [-0.2, 0) is 18.4 Å². The van der Waals surface area contributed by atoms with Gasteiger partial charge in [-0.2, -0.15) is 0 Å². The quantitative estimate of drug-likeness (QED) is 0.0252. The third kappa shape index (κ3) is 37.1. The van der Waals surface area contributed by atoms with Gasteiger partial charge in [-0.15, -0.1) is 0 Å². The van der Waals surface area contributed by atoms with Gasteiger partial charge in [-0.1, -0.05) is 167 Å². The van der Waals surface area contributed by atoms with Crippen molar-refractivity contribution in [3.63, 3.8) is 0 Å². The second kappa shape index (κ2) is 34.7. The summed E-state index contributed by atoms with van der Waals surface area (Å²) in [5, 5.41) is 13.8. The molecule has 9 heteroatoms. The number of quaternary nitrogens is 1.